The van der Waals surface area contributed by atoms with Gasteiger partial charge in [-0.15, -0.1) is 0 Å². The smallest absolute Gasteiger partial charge is 0.319 e. The van der Waals surface area contributed by atoms with Crippen molar-refractivity contribution >= 4 is 11.7 Å². The van der Waals surface area contributed by atoms with Gasteiger partial charge in [-0.05, 0) is 31.2 Å². The molecule has 0 spiro atoms. The number of carbonyl (C=O) groups excluding carboxylic acids is 1. The standard InChI is InChI=1S/C16H24FN3O3/c1-2-22-12-15(20-7-9-23-10-8-20)11-18-16(21)19-14-5-3-13(17)4-6-14/h3-6,15H,2,7-12H2,1H3,(H2,18,19,21). The third-order valence-corrected chi connectivity index (χ3v) is 3.68. The molecule has 1 atom stereocenters. The summed E-state index contributed by atoms with van der Waals surface area (Å²) in [5.41, 5.74) is 0.552. The summed E-state index contributed by atoms with van der Waals surface area (Å²) in [5.74, 6) is -0.333. The Balaban J connectivity index is 1.81. The van der Waals surface area contributed by atoms with Crippen LogP contribution in [0.25, 0.3) is 0 Å². The van der Waals surface area contributed by atoms with E-state index in [4.69, 9.17) is 9.47 Å². The Morgan fingerprint density at radius 1 is 1.35 bits per heavy atom. The van der Waals surface area contributed by atoms with E-state index in [1.807, 2.05) is 6.92 Å². The van der Waals surface area contributed by atoms with Crippen molar-refractivity contribution in [1.82, 2.24) is 10.2 Å². The van der Waals surface area contributed by atoms with Crippen molar-refractivity contribution < 1.29 is 18.7 Å². The lowest BCUT2D eigenvalue weighted by atomic mass is 10.2. The lowest BCUT2D eigenvalue weighted by Gasteiger charge is -2.34. The first-order valence-electron chi connectivity index (χ1n) is 7.89. The van der Waals surface area contributed by atoms with Crippen LogP contribution < -0.4 is 10.6 Å². The summed E-state index contributed by atoms with van der Waals surface area (Å²) in [5, 5.41) is 5.53. The van der Waals surface area contributed by atoms with E-state index < -0.39 is 0 Å². The van der Waals surface area contributed by atoms with Crippen LogP contribution in [-0.2, 0) is 9.47 Å². The minimum Gasteiger partial charge on any atom is -0.380 e. The highest BCUT2D eigenvalue weighted by Crippen LogP contribution is 2.08. The largest absolute Gasteiger partial charge is 0.380 e. The first kappa shape index (κ1) is 17.7. The molecule has 1 heterocycles. The molecule has 23 heavy (non-hydrogen) atoms. The molecule has 1 saturated heterocycles. The van der Waals surface area contributed by atoms with Gasteiger partial charge in [0.25, 0.3) is 0 Å². The first-order valence-corrected chi connectivity index (χ1v) is 7.89. The van der Waals surface area contributed by atoms with Crippen molar-refractivity contribution in [2.75, 3.05) is 51.4 Å². The summed E-state index contributed by atoms with van der Waals surface area (Å²) in [6.45, 7) is 6.70. The third kappa shape index (κ3) is 6.13. The van der Waals surface area contributed by atoms with Gasteiger partial charge in [0.1, 0.15) is 5.82 Å². The zero-order valence-corrected chi connectivity index (χ0v) is 13.4. The number of hydrogen-bond donors (Lipinski definition) is 2. The van der Waals surface area contributed by atoms with Crippen LogP contribution in [0.1, 0.15) is 6.92 Å². The van der Waals surface area contributed by atoms with E-state index in [-0.39, 0.29) is 17.9 Å². The van der Waals surface area contributed by atoms with Crippen LogP contribution in [0, 0.1) is 5.82 Å². The van der Waals surface area contributed by atoms with Gasteiger partial charge in [-0.3, -0.25) is 4.90 Å². The highest BCUT2D eigenvalue weighted by molar-refractivity contribution is 5.89. The molecule has 0 bridgehead atoms. The van der Waals surface area contributed by atoms with E-state index in [0.29, 0.717) is 38.7 Å². The van der Waals surface area contributed by atoms with Crippen LogP contribution in [0.5, 0.6) is 0 Å². The average molecular weight is 325 g/mol. The molecule has 1 aliphatic rings. The second kappa shape index (κ2) is 9.44. The van der Waals surface area contributed by atoms with Gasteiger partial charge in [-0.1, -0.05) is 0 Å². The van der Waals surface area contributed by atoms with Gasteiger partial charge in [-0.25, -0.2) is 9.18 Å². The normalized spacial score (nSPS) is 16.8. The van der Waals surface area contributed by atoms with Gasteiger partial charge < -0.3 is 20.1 Å². The molecule has 0 saturated carbocycles. The molecule has 0 aromatic heterocycles. The molecule has 1 aliphatic heterocycles. The number of rotatable bonds is 7. The monoisotopic (exact) mass is 325 g/mol. The Kier molecular flexibility index (Phi) is 7.25. The fourth-order valence-electron chi connectivity index (χ4n) is 2.41. The predicted molar refractivity (Wildman–Crippen MR) is 86.1 cm³/mol. The molecular weight excluding hydrogens is 301 g/mol. The maximum atomic E-state index is 12.8. The lowest BCUT2D eigenvalue weighted by Crippen LogP contribution is -2.51. The van der Waals surface area contributed by atoms with Crippen molar-refractivity contribution in [2.24, 2.45) is 0 Å². The Bertz CT molecular complexity index is 478. The minimum absolute atomic E-state index is 0.109. The maximum Gasteiger partial charge on any atom is 0.319 e. The summed E-state index contributed by atoms with van der Waals surface area (Å²) < 4.78 is 23.7. The lowest BCUT2D eigenvalue weighted by molar-refractivity contribution is -0.00770. The molecule has 2 N–H and O–H groups in total. The fraction of sp³-hybridized carbons (Fsp3) is 0.562. The molecular formula is C16H24FN3O3. The summed E-state index contributed by atoms with van der Waals surface area (Å²) in [7, 11) is 0. The highest BCUT2D eigenvalue weighted by atomic mass is 19.1. The predicted octanol–water partition coefficient (Wildman–Crippen LogP) is 1.68. The number of morpholine rings is 1. The fourth-order valence-corrected chi connectivity index (χ4v) is 2.41. The number of amides is 2. The van der Waals surface area contributed by atoms with Crippen LogP contribution in [0.15, 0.2) is 24.3 Å². The van der Waals surface area contributed by atoms with Gasteiger partial charge in [0.15, 0.2) is 0 Å². The second-order valence-electron chi connectivity index (χ2n) is 5.30. The number of halogens is 1. The molecule has 1 fully saturated rings. The summed E-state index contributed by atoms with van der Waals surface area (Å²) in [6.07, 6.45) is 0. The molecule has 0 aliphatic carbocycles. The van der Waals surface area contributed by atoms with Crippen molar-refractivity contribution in [3.05, 3.63) is 30.1 Å². The molecule has 1 aromatic rings. The number of nitrogens with one attached hydrogen (secondary N) is 2. The van der Waals surface area contributed by atoms with Gasteiger partial charge >= 0.3 is 6.03 Å². The van der Waals surface area contributed by atoms with E-state index in [9.17, 15) is 9.18 Å². The number of carbonyl (C=O) groups is 1. The van der Waals surface area contributed by atoms with E-state index in [0.717, 1.165) is 13.1 Å². The average Bonchev–Trinajstić information content (AvgIpc) is 2.58. The molecule has 2 amide bonds. The SMILES string of the molecule is CCOCC(CNC(=O)Nc1ccc(F)cc1)N1CCOCC1. The van der Waals surface area contributed by atoms with Crippen molar-refractivity contribution in [1.29, 1.82) is 0 Å². The van der Waals surface area contributed by atoms with Gasteiger partial charge in [0.05, 0.1) is 25.9 Å². The Hall–Kier alpha value is -1.70. The Morgan fingerprint density at radius 2 is 2.04 bits per heavy atom. The number of ether oxygens (including phenoxy) is 2. The molecule has 7 heteroatoms. The van der Waals surface area contributed by atoms with Crippen LogP contribution in [-0.4, -0.2) is 63.0 Å². The van der Waals surface area contributed by atoms with Gasteiger partial charge in [0.2, 0.25) is 0 Å². The zero-order chi connectivity index (χ0) is 16.5. The van der Waals surface area contributed by atoms with E-state index in [2.05, 4.69) is 15.5 Å². The maximum absolute atomic E-state index is 12.8. The molecule has 0 radical (unpaired) electrons. The highest BCUT2D eigenvalue weighted by Gasteiger charge is 2.21. The van der Waals surface area contributed by atoms with Gasteiger partial charge in [0, 0.05) is 31.9 Å². The first-order chi connectivity index (χ1) is 11.2. The number of urea groups is 1. The molecule has 6 nitrogen and oxygen atoms in total. The van der Waals surface area contributed by atoms with E-state index >= 15 is 0 Å². The number of hydrogen-bond acceptors (Lipinski definition) is 4. The van der Waals surface area contributed by atoms with Crippen LogP contribution in [0.2, 0.25) is 0 Å². The number of benzene rings is 1. The van der Waals surface area contributed by atoms with Crippen LogP contribution in [0.3, 0.4) is 0 Å². The van der Waals surface area contributed by atoms with Crippen LogP contribution >= 0.6 is 0 Å². The Labute approximate surface area is 135 Å². The topological polar surface area (TPSA) is 62.8 Å². The Morgan fingerprint density at radius 3 is 2.70 bits per heavy atom. The van der Waals surface area contributed by atoms with E-state index in [1.165, 1.54) is 24.3 Å². The molecule has 1 unspecified atom stereocenters. The number of anilines is 1. The molecule has 1 aromatic carbocycles. The minimum atomic E-state index is -0.333. The summed E-state index contributed by atoms with van der Waals surface area (Å²) in [6, 6.07) is 5.45. The van der Waals surface area contributed by atoms with Crippen molar-refractivity contribution in [3.63, 3.8) is 0 Å². The molecule has 128 valence electrons. The summed E-state index contributed by atoms with van der Waals surface area (Å²) in [4.78, 5) is 14.2. The molecule has 2 rings (SSSR count). The van der Waals surface area contributed by atoms with Crippen LogP contribution in [0.4, 0.5) is 14.9 Å². The zero-order valence-electron chi connectivity index (χ0n) is 13.4. The quantitative estimate of drug-likeness (QED) is 0.801. The number of nitrogens with zero attached hydrogens (tertiary/aromatic N) is 1. The second-order valence-corrected chi connectivity index (χ2v) is 5.30. The summed E-state index contributed by atoms with van der Waals surface area (Å²) >= 11 is 0. The van der Waals surface area contributed by atoms with Crippen molar-refractivity contribution in [3.8, 4) is 0 Å². The third-order valence-electron chi connectivity index (χ3n) is 3.68. The van der Waals surface area contributed by atoms with Crippen molar-refractivity contribution in [2.45, 2.75) is 13.0 Å². The van der Waals surface area contributed by atoms with Gasteiger partial charge in [-0.2, -0.15) is 0 Å². The van der Waals surface area contributed by atoms with E-state index in [1.54, 1.807) is 0 Å².